The van der Waals surface area contributed by atoms with Crippen molar-refractivity contribution in [2.45, 2.75) is 309 Å². The van der Waals surface area contributed by atoms with E-state index in [1.54, 1.807) is 6.08 Å². The number of carbonyl (C=O) groups is 1. The summed E-state index contributed by atoms with van der Waals surface area (Å²) in [6.07, 6.45) is 68.2. The third kappa shape index (κ3) is 54.5. The predicted octanol–water partition coefficient (Wildman–Crippen LogP) is 17.9. The molecule has 414 valence electrons. The van der Waals surface area contributed by atoms with Gasteiger partial charge in [0.05, 0.1) is 39.9 Å². The van der Waals surface area contributed by atoms with Gasteiger partial charge in [-0.25, -0.2) is 0 Å². The number of unbranched alkanes of at least 4 members (excludes halogenated alkanes) is 39. The highest BCUT2D eigenvalue weighted by Gasteiger charge is 2.23. The van der Waals surface area contributed by atoms with E-state index in [1.165, 1.54) is 231 Å². The minimum absolute atomic E-state index is 0.00747. The first-order chi connectivity index (χ1) is 34.0. The van der Waals surface area contributed by atoms with E-state index in [4.69, 9.17) is 9.05 Å². The summed E-state index contributed by atoms with van der Waals surface area (Å²) < 4.78 is 23.3. The van der Waals surface area contributed by atoms with Crippen LogP contribution in [0, 0.1) is 0 Å². The number of allylic oxidation sites excluding steroid dienone is 5. The Kier molecular flexibility index (Phi) is 51.6. The molecule has 3 unspecified atom stereocenters. The van der Waals surface area contributed by atoms with Crippen molar-refractivity contribution in [3.05, 3.63) is 36.5 Å². The van der Waals surface area contributed by atoms with Crippen molar-refractivity contribution >= 4 is 13.7 Å². The summed E-state index contributed by atoms with van der Waals surface area (Å²) in [7, 11) is 1.24. The van der Waals surface area contributed by atoms with Crippen molar-refractivity contribution < 1.29 is 32.9 Å². The second-order valence-electron chi connectivity index (χ2n) is 22.0. The van der Waals surface area contributed by atoms with E-state index in [2.05, 4.69) is 43.5 Å². The summed E-state index contributed by atoms with van der Waals surface area (Å²) >= 11 is 0. The lowest BCUT2D eigenvalue weighted by atomic mass is 10.0. The largest absolute Gasteiger partial charge is 0.756 e. The lowest BCUT2D eigenvalue weighted by Gasteiger charge is -2.29. The molecule has 9 heteroatoms. The molecular formula is C61H119N2O6P. The number of hydrogen-bond donors (Lipinski definition) is 2. The Morgan fingerprint density at radius 1 is 0.486 bits per heavy atom. The van der Waals surface area contributed by atoms with Crippen LogP contribution < -0.4 is 10.2 Å². The summed E-state index contributed by atoms with van der Waals surface area (Å²) in [5.74, 6) is -0.206. The predicted molar refractivity (Wildman–Crippen MR) is 302 cm³/mol. The molecule has 0 rings (SSSR count). The van der Waals surface area contributed by atoms with Crippen molar-refractivity contribution in [3.8, 4) is 0 Å². The number of nitrogens with one attached hydrogen (secondary N) is 1. The number of nitrogens with zero attached hydrogens (tertiary/aromatic N) is 1. The van der Waals surface area contributed by atoms with Gasteiger partial charge in [0.15, 0.2) is 0 Å². The molecular weight excluding hydrogens is 888 g/mol. The smallest absolute Gasteiger partial charge is 0.268 e. The average molecular weight is 1010 g/mol. The molecule has 0 radical (unpaired) electrons. The number of phosphoric ester groups is 1. The molecule has 0 saturated heterocycles. The molecule has 0 aromatic heterocycles. The molecule has 0 aliphatic carbocycles. The van der Waals surface area contributed by atoms with Crippen LogP contribution >= 0.6 is 7.82 Å². The van der Waals surface area contributed by atoms with E-state index < -0.39 is 26.6 Å². The Morgan fingerprint density at radius 3 is 1.16 bits per heavy atom. The zero-order valence-corrected chi connectivity index (χ0v) is 48.1. The number of hydrogen-bond acceptors (Lipinski definition) is 6. The Morgan fingerprint density at radius 2 is 0.800 bits per heavy atom. The molecule has 8 nitrogen and oxygen atoms in total. The van der Waals surface area contributed by atoms with Gasteiger partial charge in [0.2, 0.25) is 5.91 Å². The molecule has 0 aliphatic rings. The fourth-order valence-corrected chi connectivity index (χ4v) is 9.79. The Bertz CT molecular complexity index is 1230. The van der Waals surface area contributed by atoms with Crippen molar-refractivity contribution in [3.63, 3.8) is 0 Å². The molecule has 0 fully saturated rings. The number of aliphatic hydroxyl groups excluding tert-OH is 1. The van der Waals surface area contributed by atoms with Gasteiger partial charge in [-0.3, -0.25) is 9.36 Å². The van der Waals surface area contributed by atoms with Crippen LogP contribution in [0.4, 0.5) is 0 Å². The summed E-state index contributed by atoms with van der Waals surface area (Å²) in [6, 6.07) is -0.907. The molecule has 1 amide bonds. The normalized spacial score (nSPS) is 14.1. The zero-order chi connectivity index (χ0) is 51.3. The minimum atomic E-state index is -4.61. The van der Waals surface area contributed by atoms with Gasteiger partial charge in [0, 0.05) is 6.42 Å². The van der Waals surface area contributed by atoms with Crippen LogP contribution in [-0.2, 0) is 18.4 Å². The Hall–Kier alpha value is -1.28. The van der Waals surface area contributed by atoms with Crippen molar-refractivity contribution in [2.24, 2.45) is 0 Å². The van der Waals surface area contributed by atoms with Gasteiger partial charge in [-0.1, -0.05) is 281 Å². The second kappa shape index (κ2) is 52.6. The summed E-state index contributed by atoms with van der Waals surface area (Å²) in [5.41, 5.74) is 0. The minimum Gasteiger partial charge on any atom is -0.756 e. The molecule has 2 N–H and O–H groups in total. The van der Waals surface area contributed by atoms with Gasteiger partial charge in [-0.05, 0) is 44.9 Å². The Labute approximate surface area is 436 Å². The molecule has 0 bridgehead atoms. The molecule has 0 spiro atoms. The standard InChI is InChI=1S/C61H119N2O6P/c1-6-8-10-12-14-16-18-20-22-24-25-26-27-28-29-30-31-32-33-34-35-36-37-38-39-41-43-45-47-49-51-53-55-61(65)62-59(58-69-70(66,67)68-57-56-63(3,4)5)60(64)54-52-50-48-46-44-42-40-23-21-19-17-15-13-11-9-7-2/h21,23,44,46,52,54,59-60,64H,6-20,22,24-43,45,47-51,53,55-58H2,1-5H3,(H-,62,65,66,67)/b23-21+,46-44+,54-52+. The van der Waals surface area contributed by atoms with Crippen LogP contribution in [0.5, 0.6) is 0 Å². The van der Waals surface area contributed by atoms with Crippen LogP contribution in [0.15, 0.2) is 36.5 Å². The number of carbonyl (C=O) groups excluding carboxylic acids is 1. The molecule has 0 saturated carbocycles. The van der Waals surface area contributed by atoms with Gasteiger partial charge in [-0.15, -0.1) is 0 Å². The number of rotatable bonds is 56. The van der Waals surface area contributed by atoms with Crippen LogP contribution in [-0.4, -0.2) is 68.5 Å². The third-order valence-electron chi connectivity index (χ3n) is 13.8. The van der Waals surface area contributed by atoms with E-state index in [9.17, 15) is 19.4 Å². The number of likely N-dealkylation sites (N-methyl/N-ethyl adjacent to an activating group) is 1. The third-order valence-corrected chi connectivity index (χ3v) is 14.8. The first-order valence-corrected chi connectivity index (χ1v) is 31.8. The maximum Gasteiger partial charge on any atom is 0.268 e. The molecule has 3 atom stereocenters. The quantitative estimate of drug-likeness (QED) is 0.0272. The number of aliphatic hydroxyl groups is 1. The summed E-state index contributed by atoms with van der Waals surface area (Å²) in [6.45, 7) is 4.64. The van der Waals surface area contributed by atoms with Gasteiger partial charge < -0.3 is 28.8 Å². The monoisotopic (exact) mass is 1010 g/mol. The summed E-state index contributed by atoms with van der Waals surface area (Å²) in [4.78, 5) is 25.5. The van der Waals surface area contributed by atoms with Crippen LogP contribution in [0.1, 0.15) is 296 Å². The highest BCUT2D eigenvalue weighted by Crippen LogP contribution is 2.38. The maximum absolute atomic E-state index is 13.0. The van der Waals surface area contributed by atoms with E-state index in [-0.39, 0.29) is 12.5 Å². The SMILES string of the molecule is CCCCCCCC/C=C/CC/C=C/CC/C=C/C(O)C(COP(=O)([O-])OCC[N+](C)(C)C)NC(=O)CCCCCCCCCCCCCCCCCCCCCCCCCCCCCCCCCC. The van der Waals surface area contributed by atoms with Crippen molar-refractivity contribution in [1.82, 2.24) is 5.32 Å². The van der Waals surface area contributed by atoms with Crippen LogP contribution in [0.3, 0.4) is 0 Å². The highest BCUT2D eigenvalue weighted by atomic mass is 31.2. The fraction of sp³-hybridized carbons (Fsp3) is 0.885. The van der Waals surface area contributed by atoms with E-state index >= 15 is 0 Å². The second-order valence-corrected chi connectivity index (χ2v) is 23.5. The van der Waals surface area contributed by atoms with Gasteiger partial charge in [0.25, 0.3) is 7.82 Å². The Balaban J connectivity index is 4.05. The van der Waals surface area contributed by atoms with E-state index in [0.29, 0.717) is 17.4 Å². The average Bonchev–Trinajstić information content (AvgIpc) is 3.32. The summed E-state index contributed by atoms with van der Waals surface area (Å²) in [5, 5.41) is 13.8. The van der Waals surface area contributed by atoms with Gasteiger partial charge in [-0.2, -0.15) is 0 Å². The lowest BCUT2D eigenvalue weighted by molar-refractivity contribution is -0.870. The topological polar surface area (TPSA) is 108 Å². The number of amides is 1. The lowest BCUT2D eigenvalue weighted by Crippen LogP contribution is -2.45. The van der Waals surface area contributed by atoms with E-state index in [1.807, 2.05) is 27.2 Å². The van der Waals surface area contributed by atoms with Gasteiger partial charge >= 0.3 is 0 Å². The molecule has 0 heterocycles. The first-order valence-electron chi connectivity index (χ1n) is 30.4. The fourth-order valence-electron chi connectivity index (χ4n) is 9.07. The van der Waals surface area contributed by atoms with E-state index in [0.717, 1.165) is 44.9 Å². The number of quaternary nitrogens is 1. The molecule has 70 heavy (non-hydrogen) atoms. The molecule has 0 aromatic rings. The zero-order valence-electron chi connectivity index (χ0n) is 47.2. The van der Waals surface area contributed by atoms with Gasteiger partial charge in [0.1, 0.15) is 13.2 Å². The first kappa shape index (κ1) is 68.7. The van der Waals surface area contributed by atoms with Crippen molar-refractivity contribution in [2.75, 3.05) is 40.9 Å². The van der Waals surface area contributed by atoms with Crippen LogP contribution in [0.25, 0.3) is 0 Å². The number of phosphoric acid groups is 1. The molecule has 0 aliphatic heterocycles. The maximum atomic E-state index is 13.0. The highest BCUT2D eigenvalue weighted by molar-refractivity contribution is 7.45. The van der Waals surface area contributed by atoms with Crippen molar-refractivity contribution in [1.29, 1.82) is 0 Å². The molecule has 0 aromatic carbocycles. The van der Waals surface area contributed by atoms with Crippen LogP contribution in [0.2, 0.25) is 0 Å².